The summed E-state index contributed by atoms with van der Waals surface area (Å²) in [5.74, 6) is 0.546. The third-order valence-electron chi connectivity index (χ3n) is 5.88. The molecule has 0 atom stereocenters. The number of allylic oxidation sites excluding steroid dienone is 5. The summed E-state index contributed by atoms with van der Waals surface area (Å²) in [6, 6.07) is 24.0. The minimum absolute atomic E-state index is 0.546. The van der Waals surface area contributed by atoms with Crippen molar-refractivity contribution in [2.45, 2.75) is 46.0 Å². The molecule has 31 heavy (non-hydrogen) atoms. The second-order valence-corrected chi connectivity index (χ2v) is 8.63. The van der Waals surface area contributed by atoms with Gasteiger partial charge in [0.15, 0.2) is 0 Å². The Kier molecular flexibility index (Phi) is 6.62. The van der Waals surface area contributed by atoms with Gasteiger partial charge in [0.05, 0.1) is 5.69 Å². The number of benzene rings is 2. The number of hydrogen-bond donors (Lipinski definition) is 0. The summed E-state index contributed by atoms with van der Waals surface area (Å²) in [4.78, 5) is 4.97. The van der Waals surface area contributed by atoms with Crippen LogP contribution in [0.25, 0.3) is 11.6 Å². The van der Waals surface area contributed by atoms with Gasteiger partial charge in [0.1, 0.15) is 0 Å². The van der Waals surface area contributed by atoms with Crippen molar-refractivity contribution in [1.82, 2.24) is 4.98 Å². The average Bonchev–Trinajstić information content (AvgIpc) is 3.27. The molecule has 1 aliphatic carbocycles. The summed E-state index contributed by atoms with van der Waals surface area (Å²) in [5, 5.41) is 0. The van der Waals surface area contributed by atoms with Crippen molar-refractivity contribution < 1.29 is 0 Å². The monoisotopic (exact) mass is 405 g/mol. The molecular weight excluding hydrogens is 374 g/mol. The standard InChI is InChI=1S/C30H31N/c1-4-23-8-5-9-24(18-23)14-15-25-16-17-28(19-25)30-13-7-12-29(31-30)21-26-10-6-11-27(20-26)22(2)3/h5-18,20,22H,4,19,21H2,1-3H3/b15-14+. The molecule has 4 rings (SSSR count). The number of rotatable bonds is 7. The SMILES string of the molecule is CCc1cccc(/C=C/C2=CC=C(c3cccc(Cc4cccc(C(C)C)c4)n3)C2)c1. The topological polar surface area (TPSA) is 12.9 Å². The van der Waals surface area contributed by atoms with Crippen molar-refractivity contribution in [3.8, 4) is 0 Å². The average molecular weight is 406 g/mol. The zero-order valence-corrected chi connectivity index (χ0v) is 18.8. The highest BCUT2D eigenvalue weighted by molar-refractivity contribution is 5.72. The van der Waals surface area contributed by atoms with E-state index < -0.39 is 0 Å². The van der Waals surface area contributed by atoms with Crippen LogP contribution in [0.4, 0.5) is 0 Å². The molecule has 0 unspecified atom stereocenters. The molecule has 0 amide bonds. The van der Waals surface area contributed by atoms with Crippen molar-refractivity contribution in [3.63, 3.8) is 0 Å². The molecule has 0 spiro atoms. The first-order valence-corrected chi connectivity index (χ1v) is 11.3. The van der Waals surface area contributed by atoms with E-state index in [1.165, 1.54) is 33.4 Å². The van der Waals surface area contributed by atoms with E-state index in [1.54, 1.807) is 0 Å². The lowest BCUT2D eigenvalue weighted by atomic mass is 9.99. The number of aryl methyl sites for hydroxylation is 1. The molecule has 3 aromatic rings. The molecule has 1 heterocycles. The van der Waals surface area contributed by atoms with Crippen LogP contribution in [0, 0.1) is 0 Å². The second kappa shape index (κ2) is 9.75. The lowest BCUT2D eigenvalue weighted by Crippen LogP contribution is -1.97. The summed E-state index contributed by atoms with van der Waals surface area (Å²) in [6.45, 7) is 6.68. The number of aromatic nitrogens is 1. The zero-order chi connectivity index (χ0) is 21.6. The predicted molar refractivity (Wildman–Crippen MR) is 133 cm³/mol. The maximum absolute atomic E-state index is 4.97. The fourth-order valence-electron chi connectivity index (χ4n) is 3.98. The molecule has 0 fully saturated rings. The number of nitrogens with zero attached hydrogens (tertiary/aromatic N) is 1. The van der Waals surface area contributed by atoms with Gasteiger partial charge in [-0.2, -0.15) is 0 Å². The Morgan fingerprint density at radius 1 is 0.871 bits per heavy atom. The quantitative estimate of drug-likeness (QED) is 0.391. The van der Waals surface area contributed by atoms with Crippen LogP contribution < -0.4 is 0 Å². The Balaban J connectivity index is 1.42. The third kappa shape index (κ3) is 5.49. The maximum Gasteiger partial charge on any atom is 0.0668 e. The van der Waals surface area contributed by atoms with Crippen LogP contribution in [0.3, 0.4) is 0 Å². The van der Waals surface area contributed by atoms with Crippen LogP contribution >= 0.6 is 0 Å². The molecule has 0 N–H and O–H groups in total. The normalized spacial score (nSPS) is 13.7. The number of pyridine rings is 1. The van der Waals surface area contributed by atoms with E-state index in [9.17, 15) is 0 Å². The molecule has 0 bridgehead atoms. The van der Waals surface area contributed by atoms with E-state index in [4.69, 9.17) is 4.98 Å². The maximum atomic E-state index is 4.97. The van der Waals surface area contributed by atoms with Crippen LogP contribution in [0.2, 0.25) is 0 Å². The Labute approximate surface area is 186 Å². The molecule has 0 aliphatic heterocycles. The van der Waals surface area contributed by atoms with Crippen molar-refractivity contribution in [2.75, 3.05) is 0 Å². The fraction of sp³-hybridized carbons (Fsp3) is 0.233. The van der Waals surface area contributed by atoms with Crippen molar-refractivity contribution in [1.29, 1.82) is 0 Å². The third-order valence-corrected chi connectivity index (χ3v) is 5.88. The molecular formula is C30H31N. The minimum atomic E-state index is 0.546. The molecule has 0 radical (unpaired) electrons. The van der Waals surface area contributed by atoms with Crippen LogP contribution in [0.5, 0.6) is 0 Å². The lowest BCUT2D eigenvalue weighted by Gasteiger charge is -2.09. The molecule has 2 aromatic carbocycles. The van der Waals surface area contributed by atoms with Crippen LogP contribution in [-0.2, 0) is 12.8 Å². The van der Waals surface area contributed by atoms with Gasteiger partial charge < -0.3 is 0 Å². The first-order valence-electron chi connectivity index (χ1n) is 11.3. The van der Waals surface area contributed by atoms with Gasteiger partial charge in [-0.3, -0.25) is 4.98 Å². The van der Waals surface area contributed by atoms with Crippen molar-refractivity contribution in [2.24, 2.45) is 0 Å². The van der Waals surface area contributed by atoms with Gasteiger partial charge in [-0.05, 0) is 64.3 Å². The van der Waals surface area contributed by atoms with E-state index in [2.05, 4.69) is 112 Å². The summed E-state index contributed by atoms with van der Waals surface area (Å²) < 4.78 is 0. The second-order valence-electron chi connectivity index (χ2n) is 8.63. The van der Waals surface area contributed by atoms with E-state index in [0.717, 1.165) is 30.7 Å². The van der Waals surface area contributed by atoms with Crippen LogP contribution in [0.15, 0.2) is 90.5 Å². The number of hydrogen-bond acceptors (Lipinski definition) is 1. The van der Waals surface area contributed by atoms with Gasteiger partial charge >= 0.3 is 0 Å². The van der Waals surface area contributed by atoms with E-state index in [-0.39, 0.29) is 0 Å². The summed E-state index contributed by atoms with van der Waals surface area (Å²) >= 11 is 0. The minimum Gasteiger partial charge on any atom is -0.253 e. The van der Waals surface area contributed by atoms with Gasteiger partial charge in [-0.15, -0.1) is 0 Å². The van der Waals surface area contributed by atoms with E-state index in [1.807, 2.05) is 0 Å². The van der Waals surface area contributed by atoms with Crippen molar-refractivity contribution in [3.05, 3.63) is 124 Å². The smallest absolute Gasteiger partial charge is 0.0668 e. The highest BCUT2D eigenvalue weighted by Gasteiger charge is 2.11. The predicted octanol–water partition coefficient (Wildman–Crippen LogP) is 7.79. The Hall–Kier alpha value is -3.19. The zero-order valence-electron chi connectivity index (χ0n) is 18.8. The first-order chi connectivity index (χ1) is 15.1. The van der Waals surface area contributed by atoms with Crippen molar-refractivity contribution >= 4 is 11.6 Å². The molecule has 0 saturated heterocycles. The van der Waals surface area contributed by atoms with Gasteiger partial charge in [-0.25, -0.2) is 0 Å². The molecule has 1 aliphatic rings. The highest BCUT2D eigenvalue weighted by Crippen LogP contribution is 2.28. The van der Waals surface area contributed by atoms with E-state index in [0.29, 0.717) is 5.92 Å². The van der Waals surface area contributed by atoms with Crippen LogP contribution in [0.1, 0.15) is 66.8 Å². The highest BCUT2D eigenvalue weighted by atomic mass is 14.7. The van der Waals surface area contributed by atoms with Gasteiger partial charge in [0, 0.05) is 12.1 Å². The van der Waals surface area contributed by atoms with Gasteiger partial charge in [0.2, 0.25) is 0 Å². The Morgan fingerprint density at radius 2 is 1.68 bits per heavy atom. The molecule has 1 heteroatoms. The summed E-state index contributed by atoms with van der Waals surface area (Å²) in [5.41, 5.74) is 10.2. The molecule has 1 aromatic heterocycles. The van der Waals surface area contributed by atoms with Gasteiger partial charge in [0.25, 0.3) is 0 Å². The molecule has 156 valence electrons. The Bertz CT molecular complexity index is 1140. The van der Waals surface area contributed by atoms with E-state index >= 15 is 0 Å². The Morgan fingerprint density at radius 3 is 2.52 bits per heavy atom. The molecule has 0 saturated carbocycles. The largest absolute Gasteiger partial charge is 0.253 e. The summed E-state index contributed by atoms with van der Waals surface area (Å²) in [6.07, 6.45) is 11.8. The van der Waals surface area contributed by atoms with Gasteiger partial charge in [-0.1, -0.05) is 99.7 Å². The van der Waals surface area contributed by atoms with Crippen LogP contribution in [-0.4, -0.2) is 4.98 Å². The molecule has 1 nitrogen and oxygen atoms in total. The summed E-state index contributed by atoms with van der Waals surface area (Å²) in [7, 11) is 0. The first kappa shape index (κ1) is 21.1. The lowest BCUT2D eigenvalue weighted by molar-refractivity contribution is 0.862. The fourth-order valence-corrected chi connectivity index (χ4v) is 3.98.